The molecule has 0 fully saturated rings. The van der Waals surface area contributed by atoms with Crippen molar-refractivity contribution in [2.45, 2.75) is 18.9 Å². The topological polar surface area (TPSA) is 85.7 Å². The van der Waals surface area contributed by atoms with E-state index in [1.165, 1.54) is 0 Å². The highest BCUT2D eigenvalue weighted by molar-refractivity contribution is 5.98. The van der Waals surface area contributed by atoms with Gasteiger partial charge < -0.3 is 20.4 Å². The van der Waals surface area contributed by atoms with Gasteiger partial charge in [0.1, 0.15) is 5.82 Å². The third-order valence-corrected chi connectivity index (χ3v) is 5.52. The summed E-state index contributed by atoms with van der Waals surface area (Å²) in [5, 5.41) is 21.0. The number of hydrogen-bond donors (Lipinski definition) is 3. The molecule has 0 saturated heterocycles. The van der Waals surface area contributed by atoms with Gasteiger partial charge in [-0.15, -0.1) is 0 Å². The molecule has 1 aliphatic rings. The minimum absolute atomic E-state index is 0.0586. The van der Waals surface area contributed by atoms with Gasteiger partial charge in [-0.05, 0) is 65.9 Å². The number of nitrogens with zero attached hydrogens (tertiary/aromatic N) is 2. The van der Waals surface area contributed by atoms with Crippen LogP contribution in [0.2, 0.25) is 0 Å². The molecule has 3 N–H and O–H groups in total. The van der Waals surface area contributed by atoms with Crippen LogP contribution in [0.1, 0.15) is 27.0 Å². The molecular weight excluding hydrogens is 435 g/mol. The molecule has 0 radical (unpaired) electrons. The second-order valence-electron chi connectivity index (χ2n) is 7.82. The number of anilines is 2. The summed E-state index contributed by atoms with van der Waals surface area (Å²) in [6, 6.07) is 10.8. The average molecular weight is 457 g/mol. The van der Waals surface area contributed by atoms with E-state index >= 15 is 0 Å². The Kier molecular flexibility index (Phi) is 6.62. The molecule has 0 spiro atoms. The maximum absolute atomic E-state index is 13.6. The molecule has 1 amide bonds. The van der Waals surface area contributed by atoms with Gasteiger partial charge in [-0.1, -0.05) is 6.07 Å². The number of rotatable bonds is 7. The second kappa shape index (κ2) is 9.60. The molecule has 1 aromatic heterocycles. The summed E-state index contributed by atoms with van der Waals surface area (Å²) in [6.45, 7) is 0.0756. The first-order valence-corrected chi connectivity index (χ1v) is 10.4. The quantitative estimate of drug-likeness (QED) is 0.475. The molecule has 9 heteroatoms. The van der Waals surface area contributed by atoms with Crippen LogP contribution in [0.4, 0.5) is 24.7 Å². The highest BCUT2D eigenvalue weighted by Crippen LogP contribution is 2.36. The summed E-state index contributed by atoms with van der Waals surface area (Å²) in [4.78, 5) is 18.9. The number of hydrogen-bond acceptors (Lipinski definition) is 5. The predicted octanol–water partition coefficient (Wildman–Crippen LogP) is 2.87. The van der Waals surface area contributed by atoms with Crippen molar-refractivity contribution in [2.24, 2.45) is 0 Å². The van der Waals surface area contributed by atoms with E-state index in [9.17, 15) is 23.1 Å². The fourth-order valence-electron chi connectivity index (χ4n) is 3.92. The fraction of sp³-hybridized carbons (Fsp3) is 0.250. The van der Waals surface area contributed by atoms with Crippen molar-refractivity contribution in [3.8, 4) is 0 Å². The van der Waals surface area contributed by atoms with Gasteiger partial charge in [0.25, 0.3) is 5.91 Å². The molecule has 0 saturated carbocycles. The van der Waals surface area contributed by atoms with Gasteiger partial charge in [-0.3, -0.25) is 4.79 Å². The second-order valence-corrected chi connectivity index (χ2v) is 7.82. The van der Waals surface area contributed by atoms with E-state index in [-0.39, 0.29) is 18.9 Å². The van der Waals surface area contributed by atoms with Gasteiger partial charge in [-0.25, -0.2) is 18.2 Å². The van der Waals surface area contributed by atoms with E-state index in [1.54, 1.807) is 30.5 Å². The first-order chi connectivity index (χ1) is 15.9. The van der Waals surface area contributed by atoms with Crippen LogP contribution < -0.4 is 10.2 Å². The molecule has 0 bridgehead atoms. The monoisotopic (exact) mass is 457 g/mol. The van der Waals surface area contributed by atoms with Crippen molar-refractivity contribution in [3.63, 3.8) is 0 Å². The molecule has 1 aliphatic heterocycles. The zero-order valence-corrected chi connectivity index (χ0v) is 17.6. The van der Waals surface area contributed by atoms with Crippen LogP contribution in [0.3, 0.4) is 0 Å². The minimum Gasteiger partial charge on any atom is -0.394 e. The number of carbonyl (C=O) groups excluding carboxylic acids is 1. The van der Waals surface area contributed by atoms with Gasteiger partial charge >= 0.3 is 0 Å². The number of fused-ring (bicyclic) bond motifs is 1. The van der Waals surface area contributed by atoms with Crippen molar-refractivity contribution < 1.29 is 28.2 Å². The van der Waals surface area contributed by atoms with Crippen molar-refractivity contribution in [3.05, 3.63) is 88.4 Å². The van der Waals surface area contributed by atoms with Crippen LogP contribution >= 0.6 is 0 Å². The van der Waals surface area contributed by atoms with Gasteiger partial charge in [-0.2, -0.15) is 0 Å². The lowest BCUT2D eigenvalue weighted by molar-refractivity contribution is 0.0801. The molecule has 2 aromatic carbocycles. The average Bonchev–Trinajstić information content (AvgIpc) is 3.25. The number of benzene rings is 2. The first-order valence-electron chi connectivity index (χ1n) is 10.4. The van der Waals surface area contributed by atoms with Crippen LogP contribution in [0.15, 0.2) is 48.7 Å². The molecule has 2 heterocycles. The predicted molar refractivity (Wildman–Crippen MR) is 116 cm³/mol. The summed E-state index contributed by atoms with van der Waals surface area (Å²) >= 11 is 0. The third kappa shape index (κ3) is 4.84. The van der Waals surface area contributed by atoms with Crippen molar-refractivity contribution in [1.29, 1.82) is 0 Å². The summed E-state index contributed by atoms with van der Waals surface area (Å²) in [5.41, 5.74) is 3.17. The van der Waals surface area contributed by atoms with Crippen molar-refractivity contribution >= 4 is 17.4 Å². The molecule has 4 rings (SSSR count). The summed E-state index contributed by atoms with van der Waals surface area (Å²) < 4.78 is 40.4. The molecule has 33 heavy (non-hydrogen) atoms. The Hall–Kier alpha value is -3.43. The number of halogens is 3. The van der Waals surface area contributed by atoms with E-state index < -0.39 is 30.2 Å². The summed E-state index contributed by atoms with van der Waals surface area (Å²) in [5.74, 6) is -3.69. The third-order valence-electron chi connectivity index (χ3n) is 5.52. The number of aliphatic hydroxyl groups excluding tert-OH is 2. The molecule has 0 aliphatic carbocycles. The number of aromatic nitrogens is 1. The van der Waals surface area contributed by atoms with E-state index in [4.69, 9.17) is 5.11 Å². The van der Waals surface area contributed by atoms with E-state index in [0.717, 1.165) is 28.9 Å². The summed E-state index contributed by atoms with van der Waals surface area (Å²) in [6.07, 6.45) is 1.35. The molecular formula is C24H22F3N3O3. The van der Waals surface area contributed by atoms with Crippen LogP contribution in [0.25, 0.3) is 0 Å². The van der Waals surface area contributed by atoms with Crippen LogP contribution in [-0.4, -0.2) is 46.9 Å². The lowest BCUT2D eigenvalue weighted by Gasteiger charge is -2.19. The Bertz CT molecular complexity index is 1170. The number of amides is 1. The number of aliphatic hydroxyl groups is 2. The number of carbonyl (C=O) groups is 1. The van der Waals surface area contributed by atoms with E-state index in [0.29, 0.717) is 29.9 Å². The van der Waals surface area contributed by atoms with Crippen LogP contribution in [0, 0.1) is 17.5 Å². The van der Waals surface area contributed by atoms with Crippen molar-refractivity contribution in [1.82, 2.24) is 10.3 Å². The van der Waals surface area contributed by atoms with Crippen molar-refractivity contribution in [2.75, 3.05) is 24.6 Å². The normalized spacial score (nSPS) is 13.7. The van der Waals surface area contributed by atoms with E-state index in [1.807, 2.05) is 11.0 Å². The lowest BCUT2D eigenvalue weighted by Crippen LogP contribution is -2.34. The van der Waals surface area contributed by atoms with Gasteiger partial charge in [0.15, 0.2) is 17.5 Å². The Morgan fingerprint density at radius 3 is 2.61 bits per heavy atom. The zero-order valence-electron chi connectivity index (χ0n) is 17.6. The van der Waals surface area contributed by atoms with Gasteiger partial charge in [0, 0.05) is 30.5 Å². The Morgan fingerprint density at radius 2 is 1.88 bits per heavy atom. The maximum Gasteiger partial charge on any atom is 0.251 e. The molecule has 1 atom stereocenters. The van der Waals surface area contributed by atoms with Crippen LogP contribution in [0.5, 0.6) is 0 Å². The van der Waals surface area contributed by atoms with Gasteiger partial charge in [0.05, 0.1) is 12.7 Å². The Morgan fingerprint density at radius 1 is 1.12 bits per heavy atom. The van der Waals surface area contributed by atoms with E-state index in [2.05, 4.69) is 10.3 Å². The lowest BCUT2D eigenvalue weighted by atomic mass is 10.0. The summed E-state index contributed by atoms with van der Waals surface area (Å²) in [7, 11) is 0. The molecule has 1 unspecified atom stereocenters. The zero-order chi connectivity index (χ0) is 23.5. The fourth-order valence-corrected chi connectivity index (χ4v) is 3.92. The molecule has 3 aromatic rings. The highest BCUT2D eigenvalue weighted by Gasteiger charge is 2.26. The Balaban J connectivity index is 1.56. The molecule has 172 valence electrons. The smallest absolute Gasteiger partial charge is 0.251 e. The highest BCUT2D eigenvalue weighted by atomic mass is 19.2. The largest absolute Gasteiger partial charge is 0.394 e. The minimum atomic E-state index is -1.49. The van der Waals surface area contributed by atoms with Gasteiger partial charge in [0.2, 0.25) is 0 Å². The first kappa shape index (κ1) is 22.8. The standard InChI is InChI=1S/C24H22F3N3O3/c25-19-9-15(10-20(26)23(19)27)8-14-4-6-28-22(11-14)30-7-5-17-18(2-1-3-21(17)30)24(33)29-12-16(32)13-31/h1-4,6,9-11,16,31-32H,5,7-8,12-13H2,(H,29,33). The number of nitrogens with one attached hydrogen (secondary N) is 1. The number of pyridine rings is 1. The maximum atomic E-state index is 13.6. The Labute approximate surface area is 188 Å². The van der Waals surface area contributed by atoms with Crippen LogP contribution in [-0.2, 0) is 12.8 Å². The molecule has 6 nitrogen and oxygen atoms in total. The SMILES string of the molecule is O=C(NCC(O)CO)c1cccc2c1CCN2c1cc(Cc2cc(F)c(F)c(F)c2)ccn1.